The highest BCUT2D eigenvalue weighted by molar-refractivity contribution is 8.00. The second-order valence-corrected chi connectivity index (χ2v) is 8.27. The number of hydrogen-bond donors (Lipinski definition) is 2. The van der Waals surface area contributed by atoms with Crippen molar-refractivity contribution in [2.75, 3.05) is 5.32 Å². The van der Waals surface area contributed by atoms with Crippen molar-refractivity contribution in [3.8, 4) is 5.75 Å². The molecule has 0 aliphatic carbocycles. The van der Waals surface area contributed by atoms with Crippen molar-refractivity contribution < 1.29 is 9.53 Å². The number of amides is 1. The molecule has 0 aliphatic heterocycles. The predicted octanol–water partition coefficient (Wildman–Crippen LogP) is 5.46. The van der Waals surface area contributed by atoms with Gasteiger partial charge in [-0.3, -0.25) is 9.89 Å². The molecule has 0 radical (unpaired) electrons. The van der Waals surface area contributed by atoms with E-state index in [4.69, 9.17) is 39.5 Å². The molecule has 1 amide bonds. The van der Waals surface area contributed by atoms with Gasteiger partial charge in [-0.2, -0.15) is 0 Å². The van der Waals surface area contributed by atoms with Gasteiger partial charge >= 0.3 is 0 Å². The Labute approximate surface area is 180 Å². The number of nitrogens with zero attached hydrogens (tertiary/aromatic N) is 2. The van der Waals surface area contributed by atoms with Gasteiger partial charge in [-0.05, 0) is 49.4 Å². The van der Waals surface area contributed by atoms with Crippen LogP contribution in [-0.2, 0) is 11.4 Å². The van der Waals surface area contributed by atoms with E-state index in [-0.39, 0.29) is 12.5 Å². The Bertz CT molecular complexity index is 966. The average Bonchev–Trinajstić information content (AvgIpc) is 3.11. The van der Waals surface area contributed by atoms with E-state index in [0.717, 1.165) is 0 Å². The summed E-state index contributed by atoms with van der Waals surface area (Å²) in [4.78, 5) is 16.7. The molecule has 0 saturated carbocycles. The molecule has 6 nitrogen and oxygen atoms in total. The smallest absolute Gasteiger partial charge is 0.237 e. The van der Waals surface area contributed by atoms with E-state index in [2.05, 4.69) is 20.5 Å². The first kappa shape index (κ1) is 20.8. The first-order valence-electron chi connectivity index (χ1n) is 8.13. The number of halogens is 3. The van der Waals surface area contributed by atoms with Gasteiger partial charge in [-0.15, -0.1) is 5.10 Å². The number of thioether (sulfide) groups is 1. The van der Waals surface area contributed by atoms with E-state index < -0.39 is 5.25 Å². The molecule has 146 valence electrons. The molecular weight excluding hydrogens is 443 g/mol. The second-order valence-electron chi connectivity index (χ2n) is 5.68. The molecule has 1 heterocycles. The summed E-state index contributed by atoms with van der Waals surface area (Å²) in [7, 11) is 0. The van der Waals surface area contributed by atoms with Crippen LogP contribution in [0.25, 0.3) is 0 Å². The molecule has 0 fully saturated rings. The Balaban J connectivity index is 1.54. The number of aromatic amines is 1. The topological polar surface area (TPSA) is 79.9 Å². The number of aromatic nitrogens is 3. The molecule has 2 N–H and O–H groups in total. The highest BCUT2D eigenvalue weighted by Crippen LogP contribution is 2.27. The normalized spacial score (nSPS) is 11.9. The number of benzene rings is 2. The standard InChI is InChI=1S/C18H15Cl3N4O2S/c1-10(17(26)22-15-8-12(20)4-7-14(15)21)28-18-23-16(24-25-18)9-27-13-5-2-11(19)3-6-13/h2-8,10H,9H2,1H3,(H,22,26)(H,23,24,25). The number of carbonyl (C=O) groups is 1. The van der Waals surface area contributed by atoms with E-state index in [1.54, 1.807) is 49.4 Å². The van der Waals surface area contributed by atoms with Crippen LogP contribution in [-0.4, -0.2) is 26.3 Å². The lowest BCUT2D eigenvalue weighted by atomic mass is 10.3. The van der Waals surface area contributed by atoms with Crippen LogP contribution in [0.5, 0.6) is 5.75 Å². The van der Waals surface area contributed by atoms with Gasteiger partial charge in [-0.1, -0.05) is 46.6 Å². The SMILES string of the molecule is CC(Sc1n[nH]c(COc2ccc(Cl)cc2)n1)C(=O)Nc1cc(Cl)ccc1Cl. The summed E-state index contributed by atoms with van der Waals surface area (Å²) in [5.74, 6) is 0.974. The maximum Gasteiger partial charge on any atom is 0.237 e. The fourth-order valence-electron chi connectivity index (χ4n) is 2.12. The molecule has 3 rings (SSSR count). The second kappa shape index (κ2) is 9.52. The highest BCUT2D eigenvalue weighted by atomic mass is 35.5. The lowest BCUT2D eigenvalue weighted by molar-refractivity contribution is -0.115. The summed E-state index contributed by atoms with van der Waals surface area (Å²) in [5.41, 5.74) is 0.457. The van der Waals surface area contributed by atoms with Gasteiger partial charge in [-0.25, -0.2) is 4.98 Å². The third-order valence-corrected chi connectivity index (χ3v) is 5.32. The zero-order valence-corrected chi connectivity index (χ0v) is 17.7. The van der Waals surface area contributed by atoms with E-state index in [1.165, 1.54) is 11.8 Å². The average molecular weight is 458 g/mol. The molecular formula is C18H15Cl3N4O2S. The molecule has 28 heavy (non-hydrogen) atoms. The molecule has 2 aromatic carbocycles. The summed E-state index contributed by atoms with van der Waals surface area (Å²) in [5, 5.41) is 11.2. The van der Waals surface area contributed by atoms with Crippen molar-refractivity contribution in [1.82, 2.24) is 15.2 Å². The molecule has 0 bridgehead atoms. The Kier molecular flexibility index (Phi) is 7.07. The van der Waals surface area contributed by atoms with Crippen LogP contribution in [0.3, 0.4) is 0 Å². The Morgan fingerprint density at radius 3 is 2.64 bits per heavy atom. The van der Waals surface area contributed by atoms with Gasteiger partial charge in [0.05, 0.1) is 16.0 Å². The third kappa shape index (κ3) is 5.78. The largest absolute Gasteiger partial charge is 0.486 e. The third-order valence-electron chi connectivity index (χ3n) is 3.54. The van der Waals surface area contributed by atoms with Gasteiger partial charge in [0.15, 0.2) is 5.82 Å². The van der Waals surface area contributed by atoms with Crippen LogP contribution in [0.15, 0.2) is 47.6 Å². The number of nitrogens with one attached hydrogen (secondary N) is 2. The Hall–Kier alpha value is -1.93. The van der Waals surface area contributed by atoms with Crippen LogP contribution in [0.2, 0.25) is 15.1 Å². The fourth-order valence-corrected chi connectivity index (χ4v) is 3.32. The van der Waals surface area contributed by atoms with Crippen molar-refractivity contribution >= 4 is 58.2 Å². The lowest BCUT2D eigenvalue weighted by Crippen LogP contribution is -2.22. The van der Waals surface area contributed by atoms with Crippen molar-refractivity contribution in [2.45, 2.75) is 23.9 Å². The van der Waals surface area contributed by atoms with Gasteiger partial charge in [0.2, 0.25) is 11.1 Å². The van der Waals surface area contributed by atoms with Gasteiger partial charge in [0.1, 0.15) is 12.4 Å². The van der Waals surface area contributed by atoms with Crippen molar-refractivity contribution in [3.05, 3.63) is 63.4 Å². The lowest BCUT2D eigenvalue weighted by Gasteiger charge is -2.11. The van der Waals surface area contributed by atoms with Crippen LogP contribution >= 0.6 is 46.6 Å². The zero-order valence-electron chi connectivity index (χ0n) is 14.6. The fraction of sp³-hybridized carbons (Fsp3) is 0.167. The quantitative estimate of drug-likeness (QED) is 0.460. The minimum atomic E-state index is -0.448. The van der Waals surface area contributed by atoms with Crippen LogP contribution < -0.4 is 10.1 Å². The molecule has 10 heteroatoms. The summed E-state index contributed by atoms with van der Waals surface area (Å²) < 4.78 is 5.61. The van der Waals surface area contributed by atoms with E-state index in [0.29, 0.717) is 37.5 Å². The number of carbonyl (C=O) groups excluding carboxylic acids is 1. The first-order chi connectivity index (χ1) is 13.4. The van der Waals surface area contributed by atoms with Crippen LogP contribution in [0, 0.1) is 0 Å². The molecule has 1 atom stereocenters. The summed E-state index contributed by atoms with van der Waals surface area (Å²) in [6.07, 6.45) is 0. The van der Waals surface area contributed by atoms with Gasteiger partial charge in [0, 0.05) is 10.0 Å². The highest BCUT2D eigenvalue weighted by Gasteiger charge is 2.18. The van der Waals surface area contributed by atoms with Crippen molar-refractivity contribution in [2.24, 2.45) is 0 Å². The molecule has 0 spiro atoms. The van der Waals surface area contributed by atoms with Crippen LogP contribution in [0.1, 0.15) is 12.7 Å². The Morgan fingerprint density at radius 1 is 1.18 bits per heavy atom. The predicted molar refractivity (Wildman–Crippen MR) is 113 cm³/mol. The number of H-pyrrole nitrogens is 1. The van der Waals surface area contributed by atoms with Gasteiger partial charge in [0.25, 0.3) is 0 Å². The molecule has 1 unspecified atom stereocenters. The zero-order chi connectivity index (χ0) is 20.1. The summed E-state index contributed by atoms with van der Waals surface area (Å²) >= 11 is 19.1. The van der Waals surface area contributed by atoms with Crippen molar-refractivity contribution in [1.29, 1.82) is 0 Å². The molecule has 0 aliphatic rings. The van der Waals surface area contributed by atoms with Crippen LogP contribution in [0.4, 0.5) is 5.69 Å². The first-order valence-corrected chi connectivity index (χ1v) is 10.1. The summed E-state index contributed by atoms with van der Waals surface area (Å²) in [6.45, 7) is 1.96. The molecule has 3 aromatic rings. The number of ether oxygens (including phenoxy) is 1. The maximum absolute atomic E-state index is 12.4. The minimum absolute atomic E-state index is 0.216. The van der Waals surface area contributed by atoms with E-state index in [1.807, 2.05) is 0 Å². The minimum Gasteiger partial charge on any atom is -0.486 e. The number of hydrogen-bond acceptors (Lipinski definition) is 5. The van der Waals surface area contributed by atoms with E-state index in [9.17, 15) is 4.79 Å². The maximum atomic E-state index is 12.4. The molecule has 1 aromatic heterocycles. The summed E-state index contributed by atoms with van der Waals surface area (Å²) in [6, 6.07) is 11.9. The monoisotopic (exact) mass is 456 g/mol. The van der Waals surface area contributed by atoms with Gasteiger partial charge < -0.3 is 10.1 Å². The Morgan fingerprint density at radius 2 is 1.89 bits per heavy atom. The number of rotatable bonds is 7. The molecule has 0 saturated heterocycles. The number of anilines is 1. The van der Waals surface area contributed by atoms with Crippen molar-refractivity contribution in [3.63, 3.8) is 0 Å². The van der Waals surface area contributed by atoms with E-state index >= 15 is 0 Å².